The van der Waals surface area contributed by atoms with Crippen molar-refractivity contribution in [2.45, 2.75) is 25.9 Å². The minimum absolute atomic E-state index is 0. The summed E-state index contributed by atoms with van der Waals surface area (Å²) in [6.45, 7) is 3.68. The molecule has 1 N–H and O–H groups in total. The van der Waals surface area contributed by atoms with Gasteiger partial charge in [-0.15, -0.1) is 12.4 Å². The molecule has 0 amide bonds. The summed E-state index contributed by atoms with van der Waals surface area (Å²) in [6.07, 6.45) is 3.74. The molecule has 4 heteroatoms. The molecule has 1 aliphatic rings. The maximum absolute atomic E-state index is 5.84. The van der Waals surface area contributed by atoms with Crippen molar-refractivity contribution in [2.75, 3.05) is 19.7 Å². The van der Waals surface area contributed by atoms with Gasteiger partial charge in [0.2, 0.25) is 0 Å². The van der Waals surface area contributed by atoms with Crippen LogP contribution in [-0.2, 0) is 6.61 Å². The molecule has 1 unspecified atom stereocenters. The van der Waals surface area contributed by atoms with E-state index in [4.69, 9.17) is 9.47 Å². The quantitative estimate of drug-likeness (QED) is 0.802. The maximum Gasteiger partial charge on any atom is 0.120 e. The van der Waals surface area contributed by atoms with Gasteiger partial charge in [0.15, 0.2) is 0 Å². The molecule has 1 fully saturated rings. The third kappa shape index (κ3) is 6.06. The van der Waals surface area contributed by atoms with Gasteiger partial charge in [0.1, 0.15) is 18.1 Å². The highest BCUT2D eigenvalue weighted by molar-refractivity contribution is 5.85. The average Bonchev–Trinajstić information content (AvgIpc) is 2.63. The van der Waals surface area contributed by atoms with Gasteiger partial charge < -0.3 is 14.8 Å². The fraction of sp³-hybridized carbons (Fsp3) is 0.400. The molecule has 1 atom stereocenters. The fourth-order valence-corrected chi connectivity index (χ4v) is 2.89. The van der Waals surface area contributed by atoms with Crippen LogP contribution in [0.1, 0.15) is 24.8 Å². The highest BCUT2D eigenvalue weighted by Gasteiger charge is 2.12. The summed E-state index contributed by atoms with van der Waals surface area (Å²) in [5.74, 6) is 2.55. The smallest absolute Gasteiger partial charge is 0.120 e. The summed E-state index contributed by atoms with van der Waals surface area (Å²) < 4.78 is 11.6. The van der Waals surface area contributed by atoms with E-state index in [1.54, 1.807) is 0 Å². The van der Waals surface area contributed by atoms with Crippen LogP contribution in [0.5, 0.6) is 11.5 Å². The van der Waals surface area contributed by atoms with E-state index in [0.717, 1.165) is 37.0 Å². The fourth-order valence-electron chi connectivity index (χ4n) is 2.89. The van der Waals surface area contributed by atoms with E-state index in [1.165, 1.54) is 24.9 Å². The molecule has 3 rings (SSSR count). The van der Waals surface area contributed by atoms with Crippen LogP contribution >= 0.6 is 12.4 Å². The lowest BCUT2D eigenvalue weighted by atomic mass is 9.97. The Balaban J connectivity index is 0.00000208. The topological polar surface area (TPSA) is 30.5 Å². The molecule has 1 aliphatic heterocycles. The van der Waals surface area contributed by atoms with Crippen LogP contribution in [0.2, 0.25) is 0 Å². The Morgan fingerprint density at radius 3 is 2.29 bits per heavy atom. The van der Waals surface area contributed by atoms with E-state index in [-0.39, 0.29) is 12.4 Å². The van der Waals surface area contributed by atoms with Crippen molar-refractivity contribution < 1.29 is 9.47 Å². The molecule has 0 spiro atoms. The number of halogens is 1. The summed E-state index contributed by atoms with van der Waals surface area (Å²) >= 11 is 0. The summed E-state index contributed by atoms with van der Waals surface area (Å²) in [4.78, 5) is 0. The molecule has 24 heavy (non-hydrogen) atoms. The van der Waals surface area contributed by atoms with Crippen molar-refractivity contribution >= 4 is 12.4 Å². The number of piperidine rings is 1. The Kier molecular flexibility index (Phi) is 7.93. The van der Waals surface area contributed by atoms with Crippen LogP contribution in [0, 0.1) is 5.92 Å². The van der Waals surface area contributed by atoms with Crippen molar-refractivity contribution in [3.63, 3.8) is 0 Å². The van der Waals surface area contributed by atoms with Gasteiger partial charge in [-0.25, -0.2) is 0 Å². The minimum Gasteiger partial charge on any atom is -0.494 e. The molecule has 3 nitrogen and oxygen atoms in total. The lowest BCUT2D eigenvalue weighted by Crippen LogP contribution is -2.30. The van der Waals surface area contributed by atoms with Crippen LogP contribution in [0.4, 0.5) is 0 Å². The molecular weight excluding hydrogens is 322 g/mol. The third-order valence-corrected chi connectivity index (χ3v) is 4.27. The number of benzene rings is 2. The zero-order valence-corrected chi connectivity index (χ0v) is 14.8. The van der Waals surface area contributed by atoms with E-state index >= 15 is 0 Å². The summed E-state index contributed by atoms with van der Waals surface area (Å²) in [7, 11) is 0. The Bertz CT molecular complexity index is 568. The SMILES string of the molecule is Cl.c1ccc(COc2ccc(OCCC3CCCNC3)cc2)cc1. The van der Waals surface area contributed by atoms with Gasteiger partial charge in [-0.2, -0.15) is 0 Å². The van der Waals surface area contributed by atoms with Gasteiger partial charge in [0, 0.05) is 0 Å². The molecule has 0 saturated carbocycles. The molecule has 0 radical (unpaired) electrons. The number of hydrogen-bond donors (Lipinski definition) is 1. The Labute approximate surface area is 150 Å². The predicted molar refractivity (Wildman–Crippen MR) is 100 cm³/mol. The second-order valence-electron chi connectivity index (χ2n) is 6.10. The van der Waals surface area contributed by atoms with Crippen LogP contribution in [0.3, 0.4) is 0 Å². The molecule has 2 aromatic carbocycles. The largest absolute Gasteiger partial charge is 0.494 e. The zero-order valence-electron chi connectivity index (χ0n) is 13.9. The Morgan fingerprint density at radius 1 is 0.917 bits per heavy atom. The number of rotatable bonds is 7. The number of nitrogens with one attached hydrogen (secondary N) is 1. The summed E-state index contributed by atoms with van der Waals surface area (Å²) in [5.41, 5.74) is 1.17. The van der Waals surface area contributed by atoms with Gasteiger partial charge in [-0.05, 0) is 68.1 Å². The van der Waals surface area contributed by atoms with Crippen molar-refractivity contribution in [3.8, 4) is 11.5 Å². The van der Waals surface area contributed by atoms with Gasteiger partial charge in [-0.1, -0.05) is 30.3 Å². The Hall–Kier alpha value is -1.71. The predicted octanol–water partition coefficient (Wildman–Crippen LogP) is 4.46. The number of hydrogen-bond acceptors (Lipinski definition) is 3. The normalized spacial score (nSPS) is 16.9. The molecule has 0 bridgehead atoms. The van der Waals surface area contributed by atoms with E-state index in [9.17, 15) is 0 Å². The summed E-state index contributed by atoms with van der Waals surface area (Å²) in [5, 5.41) is 3.45. The van der Waals surface area contributed by atoms with E-state index in [2.05, 4.69) is 17.4 Å². The van der Waals surface area contributed by atoms with E-state index < -0.39 is 0 Å². The second-order valence-corrected chi connectivity index (χ2v) is 6.10. The maximum atomic E-state index is 5.84. The molecular formula is C20H26ClNO2. The first-order valence-corrected chi connectivity index (χ1v) is 8.50. The van der Waals surface area contributed by atoms with E-state index in [0.29, 0.717) is 6.61 Å². The van der Waals surface area contributed by atoms with Crippen LogP contribution in [0.25, 0.3) is 0 Å². The van der Waals surface area contributed by atoms with Crippen LogP contribution in [-0.4, -0.2) is 19.7 Å². The molecule has 130 valence electrons. The van der Waals surface area contributed by atoms with Gasteiger partial charge in [0.25, 0.3) is 0 Å². The summed E-state index contributed by atoms with van der Waals surface area (Å²) in [6, 6.07) is 18.1. The minimum atomic E-state index is 0. The first kappa shape index (κ1) is 18.6. The van der Waals surface area contributed by atoms with Gasteiger partial charge in [-0.3, -0.25) is 0 Å². The monoisotopic (exact) mass is 347 g/mol. The first-order chi connectivity index (χ1) is 11.4. The molecule has 0 aliphatic carbocycles. The molecule has 1 saturated heterocycles. The molecule has 1 heterocycles. The van der Waals surface area contributed by atoms with Crippen molar-refractivity contribution in [2.24, 2.45) is 5.92 Å². The van der Waals surface area contributed by atoms with Crippen LogP contribution in [0.15, 0.2) is 54.6 Å². The van der Waals surface area contributed by atoms with E-state index in [1.807, 2.05) is 42.5 Å². The van der Waals surface area contributed by atoms with Crippen molar-refractivity contribution in [1.29, 1.82) is 0 Å². The lowest BCUT2D eigenvalue weighted by molar-refractivity contribution is 0.253. The standard InChI is InChI=1S/C20H25NO2.ClH/c1-2-5-18(6-3-1)16-23-20-10-8-19(9-11-20)22-14-12-17-7-4-13-21-15-17;/h1-3,5-6,8-11,17,21H,4,7,12-16H2;1H. The van der Waals surface area contributed by atoms with Gasteiger partial charge in [0.05, 0.1) is 6.61 Å². The highest BCUT2D eigenvalue weighted by atomic mass is 35.5. The lowest BCUT2D eigenvalue weighted by Gasteiger charge is -2.22. The average molecular weight is 348 g/mol. The second kappa shape index (κ2) is 10.2. The van der Waals surface area contributed by atoms with Crippen LogP contribution < -0.4 is 14.8 Å². The molecule has 0 aromatic heterocycles. The molecule has 2 aromatic rings. The third-order valence-electron chi connectivity index (χ3n) is 4.27. The van der Waals surface area contributed by atoms with Gasteiger partial charge >= 0.3 is 0 Å². The highest BCUT2D eigenvalue weighted by Crippen LogP contribution is 2.20. The zero-order chi connectivity index (χ0) is 15.7. The Morgan fingerprint density at radius 2 is 1.62 bits per heavy atom. The first-order valence-electron chi connectivity index (χ1n) is 8.50. The number of ether oxygens (including phenoxy) is 2. The van der Waals surface area contributed by atoms with Crippen molar-refractivity contribution in [1.82, 2.24) is 5.32 Å². The van der Waals surface area contributed by atoms with Crippen molar-refractivity contribution in [3.05, 3.63) is 60.2 Å².